The van der Waals surface area contributed by atoms with Crippen LogP contribution in [0.25, 0.3) is 0 Å². The van der Waals surface area contributed by atoms with Crippen LogP contribution in [0.5, 0.6) is 5.75 Å². The molecule has 0 saturated carbocycles. The predicted molar refractivity (Wildman–Crippen MR) is 77.1 cm³/mol. The molecule has 0 saturated heterocycles. The fourth-order valence-electron chi connectivity index (χ4n) is 1.70. The Labute approximate surface area is 114 Å². The topological polar surface area (TPSA) is 12.5 Å². The van der Waals surface area contributed by atoms with Gasteiger partial charge in [0.1, 0.15) is 5.75 Å². The Morgan fingerprint density at radius 2 is 2.12 bits per heavy atom. The maximum atomic E-state index is 5.36. The van der Waals surface area contributed by atoms with E-state index in [9.17, 15) is 0 Å². The molecule has 0 amide bonds. The second-order valence-corrected chi connectivity index (χ2v) is 5.67. The minimum Gasteiger partial charge on any atom is -0.495 e. The number of hydrogen-bond donors (Lipinski definition) is 0. The molecule has 1 aromatic heterocycles. The van der Waals surface area contributed by atoms with Gasteiger partial charge >= 0.3 is 0 Å². The minimum atomic E-state index is 0.886. The average molecular weight is 312 g/mol. The lowest BCUT2D eigenvalue weighted by atomic mass is 10.2. The van der Waals surface area contributed by atoms with E-state index in [0.717, 1.165) is 22.5 Å². The Morgan fingerprint density at radius 3 is 2.76 bits per heavy atom. The van der Waals surface area contributed by atoms with E-state index in [4.69, 9.17) is 4.74 Å². The number of methoxy groups -OCH3 is 1. The van der Waals surface area contributed by atoms with Gasteiger partial charge in [0.05, 0.1) is 19.3 Å². The number of hydrogen-bond acceptors (Lipinski definition) is 3. The van der Waals surface area contributed by atoms with Crippen LogP contribution in [0.2, 0.25) is 0 Å². The number of para-hydroxylation sites is 2. The molecule has 0 aliphatic heterocycles. The summed E-state index contributed by atoms with van der Waals surface area (Å²) in [6.07, 6.45) is 0. The van der Waals surface area contributed by atoms with Crippen molar-refractivity contribution in [2.45, 2.75) is 6.54 Å². The third-order valence-electron chi connectivity index (χ3n) is 2.51. The van der Waals surface area contributed by atoms with Crippen LogP contribution >= 0.6 is 27.3 Å². The Kier molecular flexibility index (Phi) is 4.07. The summed E-state index contributed by atoms with van der Waals surface area (Å²) in [4.78, 5) is 3.52. The summed E-state index contributed by atoms with van der Waals surface area (Å²) < 4.78 is 6.51. The summed E-state index contributed by atoms with van der Waals surface area (Å²) in [7, 11) is 3.78. The lowest BCUT2D eigenvalue weighted by Crippen LogP contribution is -2.16. The van der Waals surface area contributed by atoms with Crippen LogP contribution in [0, 0.1) is 0 Å². The molecule has 1 aromatic carbocycles. The smallest absolute Gasteiger partial charge is 0.142 e. The zero-order valence-corrected chi connectivity index (χ0v) is 12.2. The maximum Gasteiger partial charge on any atom is 0.142 e. The van der Waals surface area contributed by atoms with Crippen molar-refractivity contribution in [3.05, 3.63) is 45.1 Å². The Bertz CT molecular complexity index is 498. The lowest BCUT2D eigenvalue weighted by Gasteiger charge is -2.20. The molecule has 4 heteroatoms. The van der Waals surface area contributed by atoms with Crippen molar-refractivity contribution in [3.8, 4) is 5.75 Å². The van der Waals surface area contributed by atoms with Gasteiger partial charge in [0.25, 0.3) is 0 Å². The molecule has 2 rings (SSSR count). The fourth-order valence-corrected chi connectivity index (χ4v) is 3.20. The monoisotopic (exact) mass is 311 g/mol. The van der Waals surface area contributed by atoms with Gasteiger partial charge in [-0.15, -0.1) is 11.3 Å². The molecule has 1 heterocycles. The predicted octanol–water partition coefficient (Wildman–Crippen LogP) is 4.16. The Balaban J connectivity index is 2.16. The molecule has 0 fully saturated rings. The second-order valence-electron chi connectivity index (χ2n) is 3.76. The van der Waals surface area contributed by atoms with Crippen LogP contribution in [0.15, 0.2) is 40.2 Å². The second kappa shape index (κ2) is 5.56. The zero-order valence-electron chi connectivity index (χ0n) is 9.81. The SMILES string of the molecule is COc1ccccc1N(C)Cc1cc(Br)cs1. The molecule has 0 spiro atoms. The molecule has 90 valence electrons. The molecule has 0 atom stereocenters. The van der Waals surface area contributed by atoms with E-state index in [2.05, 4.69) is 45.4 Å². The molecular weight excluding hydrogens is 298 g/mol. The highest BCUT2D eigenvalue weighted by Crippen LogP contribution is 2.29. The van der Waals surface area contributed by atoms with E-state index in [1.165, 1.54) is 4.88 Å². The number of halogens is 1. The minimum absolute atomic E-state index is 0.886. The van der Waals surface area contributed by atoms with Crippen LogP contribution in [0.1, 0.15) is 4.88 Å². The molecular formula is C13H14BrNOS. The summed E-state index contributed by atoms with van der Waals surface area (Å²) in [5.74, 6) is 0.908. The van der Waals surface area contributed by atoms with Gasteiger partial charge in [-0.3, -0.25) is 0 Å². The maximum absolute atomic E-state index is 5.36. The van der Waals surface area contributed by atoms with Crippen LogP contribution in [0.4, 0.5) is 5.69 Å². The van der Waals surface area contributed by atoms with E-state index in [0.29, 0.717) is 0 Å². The molecule has 0 unspecified atom stereocenters. The third-order valence-corrected chi connectivity index (χ3v) is 4.19. The number of benzene rings is 1. The summed E-state index contributed by atoms with van der Waals surface area (Å²) in [6, 6.07) is 10.2. The number of anilines is 1. The number of nitrogens with zero attached hydrogens (tertiary/aromatic N) is 1. The van der Waals surface area contributed by atoms with E-state index in [-0.39, 0.29) is 0 Å². The van der Waals surface area contributed by atoms with E-state index in [1.807, 2.05) is 18.2 Å². The molecule has 0 aliphatic rings. The number of ether oxygens (including phenoxy) is 1. The van der Waals surface area contributed by atoms with Crippen molar-refractivity contribution in [2.75, 3.05) is 19.1 Å². The first-order valence-corrected chi connectivity index (χ1v) is 6.95. The highest BCUT2D eigenvalue weighted by Gasteiger charge is 2.08. The van der Waals surface area contributed by atoms with Crippen molar-refractivity contribution in [3.63, 3.8) is 0 Å². The zero-order chi connectivity index (χ0) is 12.3. The average Bonchev–Trinajstić information content (AvgIpc) is 2.74. The highest BCUT2D eigenvalue weighted by atomic mass is 79.9. The first-order chi connectivity index (χ1) is 8.20. The number of rotatable bonds is 4. The molecule has 0 aliphatic carbocycles. The van der Waals surface area contributed by atoms with Gasteiger partial charge in [0.15, 0.2) is 0 Å². The van der Waals surface area contributed by atoms with Gasteiger partial charge < -0.3 is 9.64 Å². The molecule has 0 bridgehead atoms. The van der Waals surface area contributed by atoms with Gasteiger partial charge in [0.2, 0.25) is 0 Å². The summed E-state index contributed by atoms with van der Waals surface area (Å²) in [5, 5.41) is 2.10. The molecule has 0 radical (unpaired) electrons. The van der Waals surface area contributed by atoms with Gasteiger partial charge in [0, 0.05) is 21.8 Å². The van der Waals surface area contributed by atoms with Crippen molar-refractivity contribution in [2.24, 2.45) is 0 Å². The molecule has 0 N–H and O–H groups in total. The molecule has 2 aromatic rings. The summed E-state index contributed by atoms with van der Waals surface area (Å²) in [6.45, 7) is 0.886. The van der Waals surface area contributed by atoms with Gasteiger partial charge in [-0.2, -0.15) is 0 Å². The summed E-state index contributed by atoms with van der Waals surface area (Å²) in [5.41, 5.74) is 1.11. The van der Waals surface area contributed by atoms with Crippen LogP contribution in [-0.4, -0.2) is 14.2 Å². The van der Waals surface area contributed by atoms with Crippen LogP contribution < -0.4 is 9.64 Å². The van der Waals surface area contributed by atoms with Gasteiger partial charge in [-0.1, -0.05) is 12.1 Å². The van der Waals surface area contributed by atoms with Crippen LogP contribution in [0.3, 0.4) is 0 Å². The first kappa shape index (κ1) is 12.5. The summed E-state index contributed by atoms with van der Waals surface area (Å²) >= 11 is 5.23. The van der Waals surface area contributed by atoms with E-state index in [1.54, 1.807) is 18.4 Å². The van der Waals surface area contributed by atoms with E-state index >= 15 is 0 Å². The quantitative estimate of drug-likeness (QED) is 0.841. The normalized spacial score (nSPS) is 10.3. The molecule has 17 heavy (non-hydrogen) atoms. The van der Waals surface area contributed by atoms with E-state index < -0.39 is 0 Å². The van der Waals surface area contributed by atoms with Gasteiger partial charge in [-0.25, -0.2) is 0 Å². The lowest BCUT2D eigenvalue weighted by molar-refractivity contribution is 0.415. The molecule has 2 nitrogen and oxygen atoms in total. The largest absolute Gasteiger partial charge is 0.495 e. The van der Waals surface area contributed by atoms with Gasteiger partial charge in [-0.05, 0) is 34.1 Å². The van der Waals surface area contributed by atoms with Crippen LogP contribution in [-0.2, 0) is 6.54 Å². The number of thiophene rings is 1. The standard InChI is InChI=1S/C13H14BrNOS/c1-15(8-11-7-10(14)9-17-11)12-5-3-4-6-13(12)16-2/h3-7,9H,8H2,1-2H3. The first-order valence-electron chi connectivity index (χ1n) is 5.28. The van der Waals surface area contributed by atoms with Crippen molar-refractivity contribution in [1.82, 2.24) is 0 Å². The van der Waals surface area contributed by atoms with Crippen molar-refractivity contribution >= 4 is 33.0 Å². The fraction of sp³-hybridized carbons (Fsp3) is 0.231. The third kappa shape index (κ3) is 3.01. The van der Waals surface area contributed by atoms with Crippen molar-refractivity contribution in [1.29, 1.82) is 0 Å². The Morgan fingerprint density at radius 1 is 1.35 bits per heavy atom. The van der Waals surface area contributed by atoms with Crippen molar-refractivity contribution < 1.29 is 4.74 Å². The Hall–Kier alpha value is -1.000. The highest BCUT2D eigenvalue weighted by molar-refractivity contribution is 9.10.